The van der Waals surface area contributed by atoms with Gasteiger partial charge in [-0.2, -0.15) is 0 Å². The summed E-state index contributed by atoms with van der Waals surface area (Å²) in [6.07, 6.45) is 2.75. The molecule has 34 heavy (non-hydrogen) atoms. The number of rotatable bonds is 14. The van der Waals surface area contributed by atoms with Crippen LogP contribution < -0.4 is 20.5 Å². The first-order chi connectivity index (χ1) is 16.4. The number of alkyl halides is 2. The van der Waals surface area contributed by atoms with E-state index in [-0.39, 0.29) is 12.8 Å². The summed E-state index contributed by atoms with van der Waals surface area (Å²) >= 11 is 0. The number of halogens is 2. The number of carbonyl (C=O) groups is 1. The summed E-state index contributed by atoms with van der Waals surface area (Å²) in [5.74, 6) is -1.37. The fraction of sp³-hybridized carbons (Fsp3) is 0.500. The van der Waals surface area contributed by atoms with Crippen LogP contribution in [0.2, 0.25) is 0 Å². The number of aryl methyl sites for hydroxylation is 1. The SMILES string of the molecule is NC(=O)c1ccc(OCCNCCCOc2ccc(CCCN3CCC(F)(F)CC3)cc2)cc1. The van der Waals surface area contributed by atoms with E-state index in [0.717, 1.165) is 38.1 Å². The molecule has 0 atom stereocenters. The molecule has 3 rings (SSSR count). The van der Waals surface area contributed by atoms with Gasteiger partial charge >= 0.3 is 0 Å². The van der Waals surface area contributed by atoms with Crippen molar-refractivity contribution in [1.29, 1.82) is 0 Å². The van der Waals surface area contributed by atoms with Crippen LogP contribution in [-0.4, -0.2) is 62.7 Å². The van der Waals surface area contributed by atoms with E-state index < -0.39 is 11.8 Å². The van der Waals surface area contributed by atoms with Crippen LogP contribution in [0, 0.1) is 0 Å². The van der Waals surface area contributed by atoms with E-state index in [9.17, 15) is 13.6 Å². The summed E-state index contributed by atoms with van der Waals surface area (Å²) in [6.45, 7) is 4.55. The quantitative estimate of drug-likeness (QED) is 0.406. The highest BCUT2D eigenvalue weighted by Crippen LogP contribution is 2.27. The summed E-state index contributed by atoms with van der Waals surface area (Å²) in [6, 6.07) is 14.9. The molecule has 1 aliphatic rings. The summed E-state index contributed by atoms with van der Waals surface area (Å²) in [7, 11) is 0. The van der Waals surface area contributed by atoms with Crippen LogP contribution in [0.5, 0.6) is 11.5 Å². The Morgan fingerprint density at radius 1 is 0.912 bits per heavy atom. The molecule has 8 heteroatoms. The summed E-state index contributed by atoms with van der Waals surface area (Å²) < 4.78 is 37.8. The lowest BCUT2D eigenvalue weighted by Crippen LogP contribution is -2.39. The molecule has 0 bridgehead atoms. The fourth-order valence-corrected chi connectivity index (χ4v) is 3.83. The number of nitrogens with two attached hydrogens (primary N) is 1. The van der Waals surface area contributed by atoms with Gasteiger partial charge in [0.15, 0.2) is 0 Å². The third-order valence-electron chi connectivity index (χ3n) is 5.90. The van der Waals surface area contributed by atoms with E-state index in [1.54, 1.807) is 24.3 Å². The highest BCUT2D eigenvalue weighted by molar-refractivity contribution is 5.92. The summed E-state index contributed by atoms with van der Waals surface area (Å²) in [4.78, 5) is 13.2. The number of piperidine rings is 1. The second-order valence-corrected chi connectivity index (χ2v) is 8.63. The van der Waals surface area contributed by atoms with E-state index in [1.165, 1.54) is 5.56 Å². The average molecular weight is 476 g/mol. The fourth-order valence-electron chi connectivity index (χ4n) is 3.83. The molecule has 1 heterocycles. The maximum Gasteiger partial charge on any atom is 0.250 e. The van der Waals surface area contributed by atoms with E-state index in [4.69, 9.17) is 15.2 Å². The highest BCUT2D eigenvalue weighted by atomic mass is 19.3. The second kappa shape index (κ2) is 13.2. The Kier molecular flexibility index (Phi) is 10.1. The molecule has 3 N–H and O–H groups in total. The number of ether oxygens (including phenoxy) is 2. The number of nitrogens with one attached hydrogen (secondary N) is 1. The van der Waals surface area contributed by atoms with Gasteiger partial charge in [-0.25, -0.2) is 8.78 Å². The van der Waals surface area contributed by atoms with Gasteiger partial charge in [0.2, 0.25) is 5.91 Å². The molecular weight excluding hydrogens is 440 g/mol. The van der Waals surface area contributed by atoms with Crippen LogP contribution in [0.4, 0.5) is 8.78 Å². The molecule has 0 unspecified atom stereocenters. The lowest BCUT2D eigenvalue weighted by Gasteiger charge is -2.31. The van der Waals surface area contributed by atoms with Crippen molar-refractivity contribution in [2.45, 2.75) is 38.0 Å². The van der Waals surface area contributed by atoms with E-state index in [2.05, 4.69) is 22.3 Å². The molecule has 0 radical (unpaired) electrons. The Morgan fingerprint density at radius 3 is 2.18 bits per heavy atom. The van der Waals surface area contributed by atoms with Crippen molar-refractivity contribution < 1.29 is 23.0 Å². The summed E-state index contributed by atoms with van der Waals surface area (Å²) in [5, 5.41) is 3.31. The maximum absolute atomic E-state index is 13.2. The molecule has 1 fully saturated rings. The Morgan fingerprint density at radius 2 is 1.53 bits per heavy atom. The van der Waals surface area contributed by atoms with Crippen LogP contribution in [-0.2, 0) is 6.42 Å². The van der Waals surface area contributed by atoms with E-state index in [0.29, 0.717) is 44.2 Å². The predicted octanol–water partition coefficient (Wildman–Crippen LogP) is 3.89. The number of carbonyl (C=O) groups excluding carboxylic acids is 1. The first-order valence-corrected chi connectivity index (χ1v) is 12.0. The van der Waals surface area contributed by atoms with Gasteiger partial charge in [-0.1, -0.05) is 12.1 Å². The Bertz CT molecular complexity index is 866. The molecule has 2 aromatic rings. The minimum Gasteiger partial charge on any atom is -0.494 e. The summed E-state index contributed by atoms with van der Waals surface area (Å²) in [5.41, 5.74) is 6.91. The molecule has 0 saturated carbocycles. The molecule has 2 aromatic carbocycles. The number of nitrogens with zero attached hydrogens (tertiary/aromatic N) is 1. The molecular formula is C26H35F2N3O3. The van der Waals surface area contributed by atoms with Crippen molar-refractivity contribution in [1.82, 2.24) is 10.2 Å². The molecule has 1 saturated heterocycles. The van der Waals surface area contributed by atoms with Crippen LogP contribution in [0.15, 0.2) is 48.5 Å². The van der Waals surface area contributed by atoms with Gasteiger partial charge in [-0.05, 0) is 74.3 Å². The largest absolute Gasteiger partial charge is 0.494 e. The standard InChI is InChI=1S/C26H35F2N3O3/c27-26(28)12-17-31(18-13-26)16-1-3-21-4-8-23(9-5-21)33-19-2-14-30-15-20-34-24-10-6-22(7-11-24)25(29)32/h4-11,30H,1-3,12-20H2,(H2,29,32). The van der Waals surface area contributed by atoms with Gasteiger partial charge in [0.25, 0.3) is 5.92 Å². The highest BCUT2D eigenvalue weighted by Gasteiger charge is 2.33. The van der Waals surface area contributed by atoms with Gasteiger partial charge in [0.05, 0.1) is 6.61 Å². The Labute approximate surface area is 200 Å². The molecule has 1 amide bonds. The van der Waals surface area contributed by atoms with Gasteiger partial charge < -0.3 is 25.4 Å². The predicted molar refractivity (Wildman–Crippen MR) is 129 cm³/mol. The Hall–Kier alpha value is -2.71. The first-order valence-electron chi connectivity index (χ1n) is 12.0. The number of primary amides is 1. The number of hydrogen-bond donors (Lipinski definition) is 2. The van der Waals surface area contributed by atoms with E-state index >= 15 is 0 Å². The first kappa shape index (κ1) is 25.9. The van der Waals surface area contributed by atoms with Crippen LogP contribution in [0.1, 0.15) is 41.6 Å². The Balaban J connectivity index is 1.19. The minimum absolute atomic E-state index is 0.0175. The zero-order valence-electron chi connectivity index (χ0n) is 19.6. The smallest absolute Gasteiger partial charge is 0.250 e. The van der Waals surface area contributed by atoms with Gasteiger partial charge in [0.1, 0.15) is 18.1 Å². The molecule has 6 nitrogen and oxygen atoms in total. The maximum atomic E-state index is 13.2. The van der Waals surface area contributed by atoms with Crippen molar-refractivity contribution >= 4 is 5.91 Å². The van der Waals surface area contributed by atoms with Crippen molar-refractivity contribution in [2.24, 2.45) is 5.73 Å². The molecule has 0 spiro atoms. The lowest BCUT2D eigenvalue weighted by molar-refractivity contribution is -0.0551. The zero-order chi connectivity index (χ0) is 24.2. The molecule has 186 valence electrons. The van der Waals surface area contributed by atoms with Crippen LogP contribution in [0.25, 0.3) is 0 Å². The number of hydrogen-bond acceptors (Lipinski definition) is 5. The van der Waals surface area contributed by atoms with Gasteiger partial charge in [0, 0.05) is 38.0 Å². The zero-order valence-corrected chi connectivity index (χ0v) is 19.6. The van der Waals surface area contributed by atoms with Gasteiger partial charge in [-0.15, -0.1) is 0 Å². The molecule has 0 aromatic heterocycles. The van der Waals surface area contributed by atoms with E-state index in [1.807, 2.05) is 12.1 Å². The monoisotopic (exact) mass is 475 g/mol. The van der Waals surface area contributed by atoms with Crippen molar-refractivity contribution in [3.05, 3.63) is 59.7 Å². The average Bonchev–Trinajstić information content (AvgIpc) is 2.83. The third-order valence-corrected chi connectivity index (χ3v) is 5.90. The number of likely N-dealkylation sites (tertiary alicyclic amines) is 1. The molecule has 1 aliphatic heterocycles. The number of amides is 1. The topological polar surface area (TPSA) is 76.8 Å². The number of benzene rings is 2. The minimum atomic E-state index is -2.47. The van der Waals surface area contributed by atoms with Gasteiger partial charge in [-0.3, -0.25) is 4.79 Å². The second-order valence-electron chi connectivity index (χ2n) is 8.63. The van der Waals surface area contributed by atoms with Crippen molar-refractivity contribution in [3.8, 4) is 11.5 Å². The molecule has 0 aliphatic carbocycles. The van der Waals surface area contributed by atoms with Crippen molar-refractivity contribution in [3.63, 3.8) is 0 Å². The lowest BCUT2D eigenvalue weighted by atomic mass is 10.1. The van der Waals surface area contributed by atoms with Crippen LogP contribution in [0.3, 0.4) is 0 Å². The van der Waals surface area contributed by atoms with Crippen LogP contribution >= 0.6 is 0 Å². The normalized spacial score (nSPS) is 15.7. The van der Waals surface area contributed by atoms with Crippen molar-refractivity contribution in [2.75, 3.05) is 45.9 Å². The third kappa shape index (κ3) is 9.27.